The van der Waals surface area contributed by atoms with E-state index in [0.717, 1.165) is 22.4 Å². The molecular weight excluding hydrogens is 288 g/mol. The Kier molecular flexibility index (Phi) is 3.19. The molecule has 114 valence electrons. The molecule has 0 aliphatic heterocycles. The minimum atomic E-state index is 0.452. The summed E-state index contributed by atoms with van der Waals surface area (Å²) in [5, 5.41) is 8.39. The lowest BCUT2D eigenvalue weighted by molar-refractivity contribution is 0.297. The summed E-state index contributed by atoms with van der Waals surface area (Å²) in [6, 6.07) is 16.2. The van der Waals surface area contributed by atoms with Crippen molar-refractivity contribution >= 4 is 16.7 Å². The van der Waals surface area contributed by atoms with E-state index in [0.29, 0.717) is 18.1 Å². The van der Waals surface area contributed by atoms with E-state index in [1.807, 2.05) is 35.6 Å². The zero-order valence-corrected chi connectivity index (χ0v) is 13.0. The van der Waals surface area contributed by atoms with Crippen LogP contribution in [-0.4, -0.2) is 19.6 Å². The van der Waals surface area contributed by atoms with Gasteiger partial charge in [-0.15, -0.1) is 10.2 Å². The van der Waals surface area contributed by atoms with Gasteiger partial charge >= 0.3 is 0 Å². The summed E-state index contributed by atoms with van der Waals surface area (Å²) in [7, 11) is 0. The molecule has 0 saturated heterocycles. The van der Waals surface area contributed by atoms with Crippen LogP contribution in [0.2, 0.25) is 0 Å². The van der Waals surface area contributed by atoms with Crippen molar-refractivity contribution < 1.29 is 4.74 Å². The molecule has 4 rings (SSSR count). The van der Waals surface area contributed by atoms with E-state index in [-0.39, 0.29) is 0 Å². The molecule has 2 heterocycles. The molecule has 23 heavy (non-hydrogen) atoms. The zero-order chi connectivity index (χ0) is 15.8. The third-order valence-corrected chi connectivity index (χ3v) is 3.86. The average molecular weight is 304 g/mol. The van der Waals surface area contributed by atoms with Crippen LogP contribution in [0.1, 0.15) is 17.0 Å². The molecule has 0 spiro atoms. The van der Waals surface area contributed by atoms with Gasteiger partial charge in [0.2, 0.25) is 5.65 Å². The van der Waals surface area contributed by atoms with Crippen molar-refractivity contribution in [2.45, 2.75) is 20.5 Å². The minimum Gasteiger partial charge on any atom is -0.470 e. The van der Waals surface area contributed by atoms with Crippen LogP contribution in [-0.2, 0) is 6.61 Å². The SMILES string of the molecule is Cc1ccc(COc2nc3ccccc3n3c(C)nnc23)cc1. The number of aryl methyl sites for hydroxylation is 2. The van der Waals surface area contributed by atoms with E-state index < -0.39 is 0 Å². The van der Waals surface area contributed by atoms with Gasteiger partial charge in [-0.25, -0.2) is 4.98 Å². The topological polar surface area (TPSA) is 52.3 Å². The van der Waals surface area contributed by atoms with Gasteiger partial charge in [-0.3, -0.25) is 4.40 Å². The highest BCUT2D eigenvalue weighted by atomic mass is 16.5. The van der Waals surface area contributed by atoms with Gasteiger partial charge in [-0.1, -0.05) is 42.0 Å². The largest absolute Gasteiger partial charge is 0.470 e. The van der Waals surface area contributed by atoms with E-state index in [1.165, 1.54) is 5.56 Å². The molecule has 4 aromatic rings. The maximum Gasteiger partial charge on any atom is 0.261 e. The van der Waals surface area contributed by atoms with Crippen molar-refractivity contribution in [1.82, 2.24) is 19.6 Å². The monoisotopic (exact) mass is 304 g/mol. The van der Waals surface area contributed by atoms with Crippen molar-refractivity contribution in [2.24, 2.45) is 0 Å². The predicted molar refractivity (Wildman–Crippen MR) is 88.5 cm³/mol. The molecule has 0 unspecified atom stereocenters. The van der Waals surface area contributed by atoms with Gasteiger partial charge in [0.25, 0.3) is 5.88 Å². The van der Waals surface area contributed by atoms with E-state index in [9.17, 15) is 0 Å². The fourth-order valence-electron chi connectivity index (χ4n) is 2.63. The van der Waals surface area contributed by atoms with E-state index in [1.54, 1.807) is 0 Å². The van der Waals surface area contributed by atoms with Gasteiger partial charge < -0.3 is 4.74 Å². The molecular formula is C18H16N4O. The Morgan fingerprint density at radius 3 is 2.57 bits per heavy atom. The molecule has 5 nitrogen and oxygen atoms in total. The molecule has 0 saturated carbocycles. The highest BCUT2D eigenvalue weighted by Gasteiger charge is 2.13. The molecule has 0 aliphatic rings. The Morgan fingerprint density at radius 2 is 1.74 bits per heavy atom. The second-order valence-corrected chi connectivity index (χ2v) is 5.59. The summed E-state index contributed by atoms with van der Waals surface area (Å²) in [4.78, 5) is 4.60. The number of aromatic nitrogens is 4. The molecule has 0 N–H and O–H groups in total. The smallest absolute Gasteiger partial charge is 0.261 e. The number of para-hydroxylation sites is 2. The predicted octanol–water partition coefficient (Wildman–Crippen LogP) is 3.47. The minimum absolute atomic E-state index is 0.452. The van der Waals surface area contributed by atoms with Gasteiger partial charge in [-0.2, -0.15) is 0 Å². The Labute approximate surface area is 133 Å². The normalized spacial score (nSPS) is 11.2. The molecule has 5 heteroatoms. The summed E-state index contributed by atoms with van der Waals surface area (Å²) in [5.41, 5.74) is 4.82. The third kappa shape index (κ3) is 2.40. The lowest BCUT2D eigenvalue weighted by Gasteiger charge is -2.09. The van der Waals surface area contributed by atoms with Gasteiger partial charge in [0.15, 0.2) is 0 Å². The van der Waals surface area contributed by atoms with Gasteiger partial charge in [0.05, 0.1) is 11.0 Å². The third-order valence-electron chi connectivity index (χ3n) is 3.86. The summed E-state index contributed by atoms with van der Waals surface area (Å²) in [5.74, 6) is 1.32. The molecule has 2 aromatic heterocycles. The number of hydrogen-bond acceptors (Lipinski definition) is 4. The van der Waals surface area contributed by atoms with Crippen molar-refractivity contribution in [1.29, 1.82) is 0 Å². The first kappa shape index (κ1) is 13.7. The van der Waals surface area contributed by atoms with E-state index >= 15 is 0 Å². The molecule has 0 radical (unpaired) electrons. The first-order valence-corrected chi connectivity index (χ1v) is 7.51. The van der Waals surface area contributed by atoms with Crippen LogP contribution >= 0.6 is 0 Å². The van der Waals surface area contributed by atoms with Crippen LogP contribution in [0, 0.1) is 13.8 Å². The fourth-order valence-corrected chi connectivity index (χ4v) is 2.63. The maximum atomic E-state index is 5.93. The molecule has 0 aliphatic carbocycles. The Hall–Kier alpha value is -2.95. The highest BCUT2D eigenvalue weighted by molar-refractivity contribution is 5.79. The summed E-state index contributed by atoms with van der Waals surface area (Å²) < 4.78 is 7.91. The fraction of sp³-hybridized carbons (Fsp3) is 0.167. The zero-order valence-electron chi connectivity index (χ0n) is 13.0. The first-order valence-electron chi connectivity index (χ1n) is 7.51. The van der Waals surface area contributed by atoms with E-state index in [2.05, 4.69) is 46.4 Å². The molecule has 0 fully saturated rings. The molecule has 0 bridgehead atoms. The molecule has 2 aromatic carbocycles. The van der Waals surface area contributed by atoms with Crippen molar-refractivity contribution in [3.8, 4) is 5.88 Å². The standard InChI is InChI=1S/C18H16N4O/c1-12-7-9-14(10-8-12)11-23-18-17-21-20-13(2)22(17)16-6-4-3-5-15(16)19-18/h3-10H,11H2,1-2H3. The van der Waals surface area contributed by atoms with Crippen LogP contribution in [0.4, 0.5) is 0 Å². The second-order valence-electron chi connectivity index (χ2n) is 5.59. The molecule has 0 atom stereocenters. The van der Waals surface area contributed by atoms with Crippen molar-refractivity contribution in [3.05, 3.63) is 65.5 Å². The van der Waals surface area contributed by atoms with Crippen molar-refractivity contribution in [2.75, 3.05) is 0 Å². The summed E-state index contributed by atoms with van der Waals surface area (Å²) >= 11 is 0. The summed E-state index contributed by atoms with van der Waals surface area (Å²) in [6.07, 6.45) is 0. The number of hydrogen-bond donors (Lipinski definition) is 0. The lowest BCUT2D eigenvalue weighted by Crippen LogP contribution is -2.02. The molecule has 0 amide bonds. The van der Waals surface area contributed by atoms with Crippen LogP contribution in [0.25, 0.3) is 16.7 Å². The van der Waals surface area contributed by atoms with Crippen LogP contribution in [0.5, 0.6) is 5.88 Å². The van der Waals surface area contributed by atoms with Crippen LogP contribution < -0.4 is 4.74 Å². The van der Waals surface area contributed by atoms with Crippen LogP contribution in [0.3, 0.4) is 0 Å². The average Bonchev–Trinajstić information content (AvgIpc) is 2.97. The quantitative estimate of drug-likeness (QED) is 0.581. The second kappa shape index (κ2) is 5.35. The maximum absolute atomic E-state index is 5.93. The lowest BCUT2D eigenvalue weighted by atomic mass is 10.2. The summed E-state index contributed by atoms with van der Waals surface area (Å²) in [6.45, 7) is 4.45. The van der Waals surface area contributed by atoms with Crippen molar-refractivity contribution in [3.63, 3.8) is 0 Å². The number of fused-ring (bicyclic) bond motifs is 3. The van der Waals surface area contributed by atoms with Gasteiger partial charge in [0, 0.05) is 0 Å². The Balaban J connectivity index is 1.77. The van der Waals surface area contributed by atoms with E-state index in [4.69, 9.17) is 4.74 Å². The highest BCUT2D eigenvalue weighted by Crippen LogP contribution is 2.23. The number of benzene rings is 2. The number of nitrogens with zero attached hydrogens (tertiary/aromatic N) is 4. The Morgan fingerprint density at radius 1 is 0.957 bits per heavy atom. The number of ether oxygens (including phenoxy) is 1. The van der Waals surface area contributed by atoms with Crippen LogP contribution in [0.15, 0.2) is 48.5 Å². The Bertz CT molecular complexity index is 989. The van der Waals surface area contributed by atoms with Gasteiger partial charge in [-0.05, 0) is 31.5 Å². The van der Waals surface area contributed by atoms with Gasteiger partial charge in [0.1, 0.15) is 12.4 Å². The number of rotatable bonds is 3. The first-order chi connectivity index (χ1) is 11.2.